The van der Waals surface area contributed by atoms with Gasteiger partial charge in [-0.2, -0.15) is 0 Å². The van der Waals surface area contributed by atoms with Crippen LogP contribution in [0.25, 0.3) is 0 Å². The molecule has 1 unspecified atom stereocenters. The van der Waals surface area contributed by atoms with E-state index in [1.165, 1.54) is 30.6 Å². The summed E-state index contributed by atoms with van der Waals surface area (Å²) < 4.78 is 0. The molecule has 1 atom stereocenters. The van der Waals surface area contributed by atoms with Gasteiger partial charge in [0.25, 0.3) is 5.91 Å². The Kier molecular flexibility index (Phi) is 7.97. The minimum Gasteiger partial charge on any atom is -0.365 e. The zero-order valence-electron chi connectivity index (χ0n) is 18.3. The van der Waals surface area contributed by atoms with Gasteiger partial charge in [-0.15, -0.1) is 11.3 Å². The monoisotopic (exact) mass is 462 g/mol. The van der Waals surface area contributed by atoms with Gasteiger partial charge in [0, 0.05) is 28.2 Å². The standard InChI is InChI=1S/C23H31ClN4O2S/c1-4-6-18-19(13-28(3)14(2)15-7-5-8-15)31-22(20(18)21(25)29)27-23(30)26-17-11-9-16(24)10-12-17/h9-12,14-15H,4-8,13H2,1-3H3,(H2,25,29)(H2,26,27,30). The van der Waals surface area contributed by atoms with Crippen LogP contribution in [0.5, 0.6) is 0 Å². The molecular weight excluding hydrogens is 432 g/mol. The van der Waals surface area contributed by atoms with Crippen LogP contribution in [0, 0.1) is 5.92 Å². The first-order valence-corrected chi connectivity index (χ1v) is 12.0. The topological polar surface area (TPSA) is 87.5 Å². The van der Waals surface area contributed by atoms with E-state index in [9.17, 15) is 9.59 Å². The van der Waals surface area contributed by atoms with Crippen LogP contribution in [0.1, 0.15) is 60.3 Å². The fourth-order valence-corrected chi connectivity index (χ4v) is 5.39. The van der Waals surface area contributed by atoms with Crippen molar-refractivity contribution < 1.29 is 9.59 Å². The fraction of sp³-hybridized carbons (Fsp3) is 0.478. The van der Waals surface area contributed by atoms with Crippen molar-refractivity contribution in [2.45, 2.75) is 58.5 Å². The van der Waals surface area contributed by atoms with Crippen LogP contribution in [0.2, 0.25) is 5.02 Å². The summed E-state index contributed by atoms with van der Waals surface area (Å²) in [6.07, 6.45) is 5.51. The number of hydrogen-bond acceptors (Lipinski definition) is 4. The molecule has 2 aromatic rings. The summed E-state index contributed by atoms with van der Waals surface area (Å²) in [6.45, 7) is 5.08. The van der Waals surface area contributed by atoms with Gasteiger partial charge in [0.1, 0.15) is 5.00 Å². The molecule has 1 aromatic heterocycles. The summed E-state index contributed by atoms with van der Waals surface area (Å²) >= 11 is 7.34. The first-order chi connectivity index (χ1) is 14.8. The largest absolute Gasteiger partial charge is 0.365 e. The van der Waals surface area contributed by atoms with E-state index < -0.39 is 11.9 Å². The molecule has 6 nitrogen and oxygen atoms in total. The van der Waals surface area contributed by atoms with E-state index in [1.807, 2.05) is 0 Å². The first kappa shape index (κ1) is 23.6. The predicted molar refractivity (Wildman–Crippen MR) is 129 cm³/mol. The highest BCUT2D eigenvalue weighted by molar-refractivity contribution is 7.17. The van der Waals surface area contributed by atoms with Gasteiger partial charge in [-0.3, -0.25) is 15.0 Å². The number of urea groups is 1. The second kappa shape index (κ2) is 10.5. The van der Waals surface area contributed by atoms with Gasteiger partial charge in [-0.25, -0.2) is 4.79 Å². The predicted octanol–water partition coefficient (Wildman–Crippen LogP) is 5.72. The number of nitrogens with one attached hydrogen (secondary N) is 2. The molecular formula is C23H31ClN4O2S. The number of nitrogens with zero attached hydrogens (tertiary/aromatic N) is 1. The fourth-order valence-electron chi connectivity index (χ4n) is 3.95. The summed E-state index contributed by atoms with van der Waals surface area (Å²) in [4.78, 5) is 28.3. The number of rotatable bonds is 9. The maximum absolute atomic E-state index is 12.6. The zero-order chi connectivity index (χ0) is 22.5. The van der Waals surface area contributed by atoms with Crippen LogP contribution in [0.4, 0.5) is 15.5 Å². The molecule has 8 heteroatoms. The van der Waals surface area contributed by atoms with Crippen LogP contribution in [0.15, 0.2) is 24.3 Å². The van der Waals surface area contributed by atoms with Gasteiger partial charge in [0.15, 0.2) is 0 Å². The molecule has 0 spiro atoms. The average molecular weight is 463 g/mol. The molecule has 168 valence electrons. The van der Waals surface area contributed by atoms with E-state index in [-0.39, 0.29) is 0 Å². The number of carbonyl (C=O) groups excluding carboxylic acids is 2. The normalized spacial score (nSPS) is 14.9. The van der Waals surface area contributed by atoms with Gasteiger partial charge < -0.3 is 11.1 Å². The molecule has 31 heavy (non-hydrogen) atoms. The van der Waals surface area contributed by atoms with Crippen LogP contribution >= 0.6 is 22.9 Å². The van der Waals surface area contributed by atoms with Gasteiger partial charge in [-0.1, -0.05) is 31.4 Å². The highest BCUT2D eigenvalue weighted by Crippen LogP contribution is 2.37. The summed E-state index contributed by atoms with van der Waals surface area (Å²) in [7, 11) is 2.13. The molecule has 0 saturated heterocycles. The third-order valence-corrected chi connectivity index (χ3v) is 7.47. The SMILES string of the molecule is CCCc1c(CN(C)C(C)C2CCC2)sc(NC(=O)Nc2ccc(Cl)cc2)c1C(N)=O. The zero-order valence-corrected chi connectivity index (χ0v) is 19.9. The Morgan fingerprint density at radius 1 is 1.26 bits per heavy atom. The van der Waals surface area contributed by atoms with Gasteiger partial charge in [-0.05, 0) is 69.0 Å². The van der Waals surface area contributed by atoms with Gasteiger partial charge >= 0.3 is 6.03 Å². The number of thiophene rings is 1. The van der Waals surface area contributed by atoms with Crippen LogP contribution < -0.4 is 16.4 Å². The average Bonchev–Trinajstić information content (AvgIpc) is 2.99. The first-order valence-electron chi connectivity index (χ1n) is 10.8. The van der Waals surface area contributed by atoms with Crippen molar-refractivity contribution in [3.8, 4) is 0 Å². The van der Waals surface area contributed by atoms with Crippen molar-refractivity contribution in [1.82, 2.24) is 4.90 Å². The Morgan fingerprint density at radius 3 is 2.48 bits per heavy atom. The van der Waals surface area contributed by atoms with E-state index in [4.69, 9.17) is 17.3 Å². The summed E-state index contributed by atoms with van der Waals surface area (Å²) in [5.41, 5.74) is 7.74. The molecule has 0 aliphatic heterocycles. The van der Waals surface area contributed by atoms with E-state index in [2.05, 4.69) is 36.4 Å². The second-order valence-electron chi connectivity index (χ2n) is 8.25. The lowest BCUT2D eigenvalue weighted by atomic mass is 9.80. The van der Waals surface area contributed by atoms with Gasteiger partial charge in [0.2, 0.25) is 0 Å². The number of primary amides is 1. The summed E-state index contributed by atoms with van der Waals surface area (Å²) in [5, 5.41) is 6.70. The molecule has 0 radical (unpaired) electrons. The number of carbonyl (C=O) groups is 2. The Bertz CT molecular complexity index is 924. The maximum atomic E-state index is 12.6. The quantitative estimate of drug-likeness (QED) is 0.445. The van der Waals surface area contributed by atoms with Crippen LogP contribution in [0.3, 0.4) is 0 Å². The molecule has 4 N–H and O–H groups in total. The lowest BCUT2D eigenvalue weighted by Crippen LogP contribution is -2.38. The molecule has 1 fully saturated rings. The molecule has 1 heterocycles. The lowest BCUT2D eigenvalue weighted by molar-refractivity contribution is 0.1000. The molecule has 1 aliphatic rings. The third-order valence-electron chi connectivity index (χ3n) is 6.09. The van der Waals surface area contributed by atoms with E-state index in [0.717, 1.165) is 35.7 Å². The van der Waals surface area contributed by atoms with Crippen molar-refractivity contribution in [2.75, 3.05) is 17.7 Å². The maximum Gasteiger partial charge on any atom is 0.324 e. The van der Waals surface area contributed by atoms with E-state index in [0.29, 0.717) is 27.3 Å². The molecule has 3 rings (SSSR count). The van der Waals surface area contributed by atoms with Crippen molar-refractivity contribution in [2.24, 2.45) is 11.7 Å². The highest BCUT2D eigenvalue weighted by atomic mass is 35.5. The van der Waals surface area contributed by atoms with Crippen molar-refractivity contribution in [3.63, 3.8) is 0 Å². The van der Waals surface area contributed by atoms with Crippen LogP contribution in [-0.4, -0.2) is 29.9 Å². The number of halogens is 1. The Morgan fingerprint density at radius 2 is 1.94 bits per heavy atom. The number of nitrogens with two attached hydrogens (primary N) is 1. The lowest BCUT2D eigenvalue weighted by Gasteiger charge is -2.37. The molecule has 1 aromatic carbocycles. The molecule has 3 amide bonds. The molecule has 1 aliphatic carbocycles. The second-order valence-corrected chi connectivity index (χ2v) is 9.80. The number of anilines is 2. The third kappa shape index (κ3) is 5.79. The van der Waals surface area contributed by atoms with E-state index in [1.54, 1.807) is 24.3 Å². The number of benzene rings is 1. The van der Waals surface area contributed by atoms with Gasteiger partial charge in [0.05, 0.1) is 5.56 Å². The smallest absolute Gasteiger partial charge is 0.324 e. The van der Waals surface area contributed by atoms with Crippen molar-refractivity contribution >= 4 is 45.6 Å². The number of hydrogen-bond donors (Lipinski definition) is 3. The number of amides is 3. The highest BCUT2D eigenvalue weighted by Gasteiger charge is 2.29. The van der Waals surface area contributed by atoms with Crippen molar-refractivity contribution in [3.05, 3.63) is 45.3 Å². The minimum absolute atomic E-state index is 0.420. The minimum atomic E-state index is -0.512. The van der Waals surface area contributed by atoms with Crippen molar-refractivity contribution in [1.29, 1.82) is 0 Å². The summed E-state index contributed by atoms with van der Waals surface area (Å²) in [6, 6.07) is 6.90. The molecule has 0 bridgehead atoms. The molecule has 1 saturated carbocycles. The summed E-state index contributed by atoms with van der Waals surface area (Å²) in [5.74, 6) is 0.223. The Balaban J connectivity index is 1.81. The Hall–Kier alpha value is -2.09. The van der Waals surface area contributed by atoms with E-state index >= 15 is 0 Å². The Labute approximate surface area is 193 Å². The van der Waals surface area contributed by atoms with Crippen LogP contribution in [-0.2, 0) is 13.0 Å².